The highest BCUT2D eigenvalue weighted by atomic mass is 19.4. The number of halogens is 3. The number of nitrogen functional groups attached to an aromatic ring is 1. The van der Waals surface area contributed by atoms with E-state index in [1.165, 1.54) is 7.11 Å². The molecular weight excluding hydrogens is 471 g/mol. The molecule has 2 aromatic rings. The quantitative estimate of drug-likeness (QED) is 0.505. The van der Waals surface area contributed by atoms with Crippen molar-refractivity contribution in [2.24, 2.45) is 0 Å². The number of benzene rings is 1. The highest BCUT2D eigenvalue weighted by Gasteiger charge is 2.44. The summed E-state index contributed by atoms with van der Waals surface area (Å²) in [5.41, 5.74) is 4.59. The number of carbonyl (C=O) groups excluding carboxylic acids is 2. The molecule has 0 saturated carbocycles. The largest absolute Gasteiger partial charge is 0.471 e. The number of rotatable bonds is 10. The maximum Gasteiger partial charge on any atom is 0.471 e. The molecule has 0 fully saturated rings. The fourth-order valence-electron chi connectivity index (χ4n) is 3.29. The predicted octanol–water partition coefficient (Wildman–Crippen LogP) is 1.17. The van der Waals surface area contributed by atoms with Gasteiger partial charge in [-0.05, 0) is 18.9 Å². The van der Waals surface area contributed by atoms with Crippen molar-refractivity contribution in [1.29, 1.82) is 0 Å². The van der Waals surface area contributed by atoms with Crippen LogP contribution in [0.3, 0.4) is 0 Å². The van der Waals surface area contributed by atoms with E-state index in [0.717, 1.165) is 15.7 Å². The highest BCUT2D eigenvalue weighted by Crippen LogP contribution is 2.25. The first-order valence-corrected chi connectivity index (χ1v) is 10.7. The number of anilines is 2. The van der Waals surface area contributed by atoms with E-state index in [4.69, 9.17) is 10.5 Å². The monoisotopic (exact) mass is 499 g/mol. The Hall–Kier alpha value is -3.61. The summed E-state index contributed by atoms with van der Waals surface area (Å²) in [6.45, 7) is 1.85. The molecule has 0 aliphatic carbocycles. The third-order valence-electron chi connectivity index (χ3n) is 5.08. The number of nitrogens with zero attached hydrogens (tertiary/aromatic N) is 3. The number of methoxy groups -OCH3 is 1. The Balaban J connectivity index is 2.52. The number of amides is 2. The van der Waals surface area contributed by atoms with Gasteiger partial charge in [0, 0.05) is 26.7 Å². The summed E-state index contributed by atoms with van der Waals surface area (Å²) in [6, 6.07) is 7.25. The summed E-state index contributed by atoms with van der Waals surface area (Å²) in [5, 5.41) is 2.56. The number of hydrogen-bond acceptors (Lipinski definition) is 6. The van der Waals surface area contributed by atoms with Gasteiger partial charge >= 0.3 is 17.8 Å². The number of hydrogen-bond donors (Lipinski definition) is 2. The smallest absolute Gasteiger partial charge is 0.383 e. The molecule has 0 radical (unpaired) electrons. The Morgan fingerprint density at radius 1 is 1.14 bits per heavy atom. The van der Waals surface area contributed by atoms with Gasteiger partial charge in [-0.1, -0.05) is 36.8 Å². The van der Waals surface area contributed by atoms with E-state index in [9.17, 15) is 32.3 Å². The lowest BCUT2D eigenvalue weighted by Crippen LogP contribution is -2.51. The number of aromatic nitrogens is 2. The van der Waals surface area contributed by atoms with Crippen LogP contribution in [0, 0.1) is 6.92 Å². The van der Waals surface area contributed by atoms with Crippen LogP contribution in [0.25, 0.3) is 0 Å². The van der Waals surface area contributed by atoms with Gasteiger partial charge < -0.3 is 15.8 Å². The summed E-state index contributed by atoms with van der Waals surface area (Å²) in [4.78, 5) is 50.8. The molecule has 10 nitrogen and oxygen atoms in total. The van der Waals surface area contributed by atoms with Gasteiger partial charge in [0.25, 0.3) is 5.56 Å². The second-order valence-corrected chi connectivity index (χ2v) is 7.77. The molecule has 0 saturated heterocycles. The van der Waals surface area contributed by atoms with Crippen LogP contribution >= 0.6 is 0 Å². The third kappa shape index (κ3) is 6.72. The van der Waals surface area contributed by atoms with E-state index in [1.807, 2.05) is 19.1 Å². The van der Waals surface area contributed by atoms with E-state index in [0.29, 0.717) is 11.0 Å². The van der Waals surface area contributed by atoms with E-state index in [2.05, 4.69) is 5.32 Å². The molecule has 1 aromatic carbocycles. The lowest BCUT2D eigenvalue weighted by atomic mass is 10.1. The molecule has 0 unspecified atom stereocenters. The van der Waals surface area contributed by atoms with Crippen molar-refractivity contribution in [3.63, 3.8) is 0 Å². The first-order chi connectivity index (χ1) is 16.4. The molecule has 0 atom stereocenters. The molecule has 2 rings (SSSR count). The molecule has 0 aliphatic rings. The minimum absolute atomic E-state index is 0.0543. The maximum atomic E-state index is 13.3. The van der Waals surface area contributed by atoms with Gasteiger partial charge in [-0.25, -0.2) is 9.36 Å². The summed E-state index contributed by atoms with van der Waals surface area (Å²) in [7, 11) is 1.20. The fraction of sp³-hybridized carbons (Fsp3) is 0.455. The fourth-order valence-corrected chi connectivity index (χ4v) is 3.29. The SMILES string of the molecule is CCCn1c(N)c(N(CCOC)C(=O)C(F)(F)F)c(=O)n(CC(=O)NCc2ccc(C)cc2)c1=O. The van der Waals surface area contributed by atoms with Crippen LogP contribution < -0.4 is 27.2 Å². The Bertz CT molecular complexity index is 1170. The van der Waals surface area contributed by atoms with Crippen molar-refractivity contribution in [1.82, 2.24) is 14.5 Å². The minimum Gasteiger partial charge on any atom is -0.383 e. The van der Waals surface area contributed by atoms with Crippen LogP contribution in [0.5, 0.6) is 0 Å². The van der Waals surface area contributed by atoms with Crippen LogP contribution in [0.15, 0.2) is 33.9 Å². The molecule has 1 heterocycles. The summed E-state index contributed by atoms with van der Waals surface area (Å²) in [6.07, 6.45) is -4.98. The van der Waals surface area contributed by atoms with Gasteiger partial charge in [0.1, 0.15) is 12.4 Å². The Kier molecular flexibility index (Phi) is 9.23. The first-order valence-electron chi connectivity index (χ1n) is 10.7. The molecule has 2 amide bonds. The zero-order valence-corrected chi connectivity index (χ0v) is 19.6. The van der Waals surface area contributed by atoms with Crippen LogP contribution in [-0.4, -0.2) is 47.4 Å². The number of carbonyl (C=O) groups is 2. The predicted molar refractivity (Wildman–Crippen MR) is 123 cm³/mol. The third-order valence-corrected chi connectivity index (χ3v) is 5.08. The molecule has 0 spiro atoms. The van der Waals surface area contributed by atoms with Crippen LogP contribution in [-0.2, 0) is 34.0 Å². The maximum absolute atomic E-state index is 13.3. The van der Waals surface area contributed by atoms with Crippen molar-refractivity contribution < 1.29 is 27.5 Å². The number of ether oxygens (including phenoxy) is 1. The summed E-state index contributed by atoms with van der Waals surface area (Å²) >= 11 is 0. The van der Waals surface area contributed by atoms with Gasteiger partial charge in [-0.3, -0.25) is 23.9 Å². The zero-order valence-electron chi connectivity index (χ0n) is 19.6. The number of nitrogens with two attached hydrogens (primary N) is 1. The van der Waals surface area contributed by atoms with Crippen molar-refractivity contribution in [2.75, 3.05) is 30.9 Å². The molecule has 0 bridgehead atoms. The van der Waals surface area contributed by atoms with E-state index in [-0.39, 0.29) is 24.6 Å². The number of nitrogens with one attached hydrogen (secondary N) is 1. The van der Waals surface area contributed by atoms with Crippen molar-refractivity contribution >= 4 is 23.3 Å². The van der Waals surface area contributed by atoms with Crippen LogP contribution in [0.2, 0.25) is 0 Å². The highest BCUT2D eigenvalue weighted by molar-refractivity contribution is 5.99. The van der Waals surface area contributed by atoms with Gasteiger partial charge in [0.05, 0.1) is 6.61 Å². The minimum atomic E-state index is -5.32. The normalized spacial score (nSPS) is 11.4. The Morgan fingerprint density at radius 3 is 2.31 bits per heavy atom. The molecule has 192 valence electrons. The van der Waals surface area contributed by atoms with Gasteiger partial charge in [0.2, 0.25) is 5.91 Å². The first kappa shape index (κ1) is 27.6. The van der Waals surface area contributed by atoms with Gasteiger partial charge in [-0.2, -0.15) is 13.2 Å². The Morgan fingerprint density at radius 2 is 1.77 bits per heavy atom. The lowest BCUT2D eigenvalue weighted by Gasteiger charge is -2.26. The zero-order chi connectivity index (χ0) is 26.3. The van der Waals surface area contributed by atoms with Crippen molar-refractivity contribution in [3.05, 3.63) is 56.2 Å². The molecule has 35 heavy (non-hydrogen) atoms. The van der Waals surface area contributed by atoms with E-state index >= 15 is 0 Å². The lowest BCUT2D eigenvalue weighted by molar-refractivity contribution is -0.170. The molecule has 13 heteroatoms. The number of alkyl halides is 3. The van der Waals surface area contributed by atoms with Crippen LogP contribution in [0.4, 0.5) is 24.7 Å². The Labute approximate surface area is 199 Å². The second kappa shape index (κ2) is 11.7. The molecule has 3 N–H and O–H groups in total. The van der Waals surface area contributed by atoms with Crippen molar-refractivity contribution in [3.8, 4) is 0 Å². The van der Waals surface area contributed by atoms with Crippen molar-refractivity contribution in [2.45, 2.75) is 46.1 Å². The molecule has 0 aliphatic heterocycles. The van der Waals surface area contributed by atoms with Gasteiger partial charge in [0.15, 0.2) is 5.69 Å². The standard InChI is InChI=1S/C22H28F3N5O5/c1-4-9-29-18(26)17(28(10-11-35-3)20(33)22(23,24)25)19(32)30(21(29)34)13-16(31)27-12-15-7-5-14(2)6-8-15/h5-8H,4,9-13,26H2,1-3H3,(H,27,31). The summed E-state index contributed by atoms with van der Waals surface area (Å²) in [5.74, 6) is -3.68. The second-order valence-electron chi connectivity index (χ2n) is 7.77. The molecular formula is C22H28F3N5O5. The van der Waals surface area contributed by atoms with Crippen LogP contribution in [0.1, 0.15) is 24.5 Å². The average Bonchev–Trinajstić information content (AvgIpc) is 2.80. The van der Waals surface area contributed by atoms with E-state index < -0.39 is 53.8 Å². The van der Waals surface area contributed by atoms with E-state index in [1.54, 1.807) is 19.1 Å². The van der Waals surface area contributed by atoms with Gasteiger partial charge in [-0.15, -0.1) is 0 Å². The topological polar surface area (TPSA) is 129 Å². The average molecular weight is 499 g/mol. The molecule has 1 aromatic heterocycles. The summed E-state index contributed by atoms with van der Waals surface area (Å²) < 4.78 is 46.0. The number of aryl methyl sites for hydroxylation is 1.